The monoisotopic (exact) mass is 343 g/mol. The Morgan fingerprint density at radius 1 is 1.24 bits per heavy atom. The second-order valence-electron chi connectivity index (χ2n) is 7.07. The lowest BCUT2D eigenvalue weighted by atomic mass is 9.78. The van der Waals surface area contributed by atoms with Crippen molar-refractivity contribution < 1.29 is 18.7 Å². The van der Waals surface area contributed by atoms with Crippen molar-refractivity contribution in [3.8, 4) is 0 Å². The molecule has 5 nitrogen and oxygen atoms in total. The highest BCUT2D eigenvalue weighted by atomic mass is 16.5. The Labute approximate surface area is 147 Å². The fraction of sp³-hybridized carbons (Fsp3) is 0.500. The van der Waals surface area contributed by atoms with E-state index in [4.69, 9.17) is 9.15 Å². The fourth-order valence-electron chi connectivity index (χ4n) is 3.60. The molecule has 1 fully saturated rings. The van der Waals surface area contributed by atoms with Crippen LogP contribution in [0.15, 0.2) is 28.7 Å². The average Bonchev–Trinajstić information content (AvgIpc) is 2.94. The molecule has 2 aromatic rings. The van der Waals surface area contributed by atoms with Crippen molar-refractivity contribution in [2.45, 2.75) is 46.1 Å². The van der Waals surface area contributed by atoms with Crippen LogP contribution >= 0.6 is 0 Å². The maximum Gasteiger partial charge on any atom is 0.375 e. The third-order valence-electron chi connectivity index (χ3n) is 5.42. The number of esters is 1. The second-order valence-corrected chi connectivity index (χ2v) is 7.07. The Balaban J connectivity index is 1.58. The number of benzene rings is 1. The first-order valence-corrected chi connectivity index (χ1v) is 8.92. The van der Waals surface area contributed by atoms with Crippen molar-refractivity contribution in [1.29, 1.82) is 0 Å². The van der Waals surface area contributed by atoms with E-state index in [1.807, 2.05) is 25.1 Å². The summed E-state index contributed by atoms with van der Waals surface area (Å²) >= 11 is 0. The van der Waals surface area contributed by atoms with E-state index >= 15 is 0 Å². The molecule has 0 saturated heterocycles. The summed E-state index contributed by atoms with van der Waals surface area (Å²) in [5.41, 5.74) is 1.37. The lowest BCUT2D eigenvalue weighted by molar-refractivity contribution is -0.125. The summed E-state index contributed by atoms with van der Waals surface area (Å²) in [6, 6.07) is 7.59. The van der Waals surface area contributed by atoms with Gasteiger partial charge in [-0.2, -0.15) is 0 Å². The zero-order chi connectivity index (χ0) is 18.0. The van der Waals surface area contributed by atoms with Gasteiger partial charge in [0.1, 0.15) is 5.58 Å². The van der Waals surface area contributed by atoms with Crippen molar-refractivity contribution in [2.24, 2.45) is 11.8 Å². The Morgan fingerprint density at radius 3 is 2.76 bits per heavy atom. The summed E-state index contributed by atoms with van der Waals surface area (Å²) in [6.07, 6.45) is 3.30. The van der Waals surface area contributed by atoms with E-state index in [0.717, 1.165) is 23.8 Å². The van der Waals surface area contributed by atoms with Crippen molar-refractivity contribution >= 4 is 22.8 Å². The van der Waals surface area contributed by atoms with Gasteiger partial charge in [0.25, 0.3) is 5.91 Å². The Bertz CT molecular complexity index is 779. The molecule has 1 aliphatic carbocycles. The van der Waals surface area contributed by atoms with Gasteiger partial charge in [-0.05, 0) is 31.2 Å². The van der Waals surface area contributed by atoms with Crippen LogP contribution < -0.4 is 5.32 Å². The molecule has 3 unspecified atom stereocenters. The van der Waals surface area contributed by atoms with Crippen LogP contribution in [-0.4, -0.2) is 24.5 Å². The highest BCUT2D eigenvalue weighted by Gasteiger charge is 2.28. The van der Waals surface area contributed by atoms with Crippen LogP contribution in [0.25, 0.3) is 11.0 Å². The smallest absolute Gasteiger partial charge is 0.375 e. The van der Waals surface area contributed by atoms with Crippen LogP contribution in [0.4, 0.5) is 0 Å². The molecule has 1 amide bonds. The Morgan fingerprint density at radius 2 is 2.00 bits per heavy atom. The van der Waals surface area contributed by atoms with E-state index in [1.54, 1.807) is 6.07 Å². The summed E-state index contributed by atoms with van der Waals surface area (Å²) in [4.78, 5) is 24.4. The van der Waals surface area contributed by atoms with Gasteiger partial charge in [-0.3, -0.25) is 4.79 Å². The number of ether oxygens (including phenoxy) is 1. The molecule has 1 aromatic heterocycles. The van der Waals surface area contributed by atoms with Crippen LogP contribution in [0.1, 0.15) is 49.2 Å². The normalized spacial score (nSPS) is 23.4. The molecule has 0 radical (unpaired) electrons. The molecule has 1 N–H and O–H groups in total. The molecule has 5 heteroatoms. The number of hydrogen-bond acceptors (Lipinski definition) is 4. The number of carbonyl (C=O) groups is 2. The maximum atomic E-state index is 12.3. The van der Waals surface area contributed by atoms with Crippen molar-refractivity contribution in [2.75, 3.05) is 6.61 Å². The predicted molar refractivity (Wildman–Crippen MR) is 95.3 cm³/mol. The second kappa shape index (κ2) is 7.30. The molecule has 134 valence electrons. The molecule has 1 aliphatic rings. The summed E-state index contributed by atoms with van der Waals surface area (Å²) in [5.74, 6) is 0.335. The molecule has 1 saturated carbocycles. The molecular weight excluding hydrogens is 318 g/mol. The SMILES string of the molecule is Cc1c(C(=O)OCC(=O)NC2CCCC(C)C2C)oc2ccccc12. The minimum Gasteiger partial charge on any atom is -0.450 e. The number of para-hydroxylation sites is 1. The number of furan rings is 1. The third-order valence-corrected chi connectivity index (χ3v) is 5.42. The molecule has 3 rings (SSSR count). The topological polar surface area (TPSA) is 68.5 Å². The minimum absolute atomic E-state index is 0.155. The van der Waals surface area contributed by atoms with Crippen LogP contribution in [0.5, 0.6) is 0 Å². The molecule has 25 heavy (non-hydrogen) atoms. The highest BCUT2D eigenvalue weighted by molar-refractivity contribution is 5.96. The van der Waals surface area contributed by atoms with Crippen LogP contribution in [0.2, 0.25) is 0 Å². The standard InChI is InChI=1S/C20H25NO4/c1-12-7-6-9-16(13(12)2)21-18(22)11-24-20(23)19-14(3)15-8-4-5-10-17(15)25-19/h4-5,8,10,12-13,16H,6-7,9,11H2,1-3H3,(H,21,22). The third kappa shape index (κ3) is 3.70. The van der Waals surface area contributed by atoms with Crippen LogP contribution in [0.3, 0.4) is 0 Å². The van der Waals surface area contributed by atoms with Crippen LogP contribution in [0, 0.1) is 18.8 Å². The summed E-state index contributed by atoms with van der Waals surface area (Å²) in [5, 5.41) is 3.88. The van der Waals surface area contributed by atoms with Gasteiger partial charge in [-0.25, -0.2) is 4.79 Å². The molecule has 1 heterocycles. The first kappa shape index (κ1) is 17.5. The Kier molecular flexibility index (Phi) is 5.11. The number of nitrogens with one attached hydrogen (secondary N) is 1. The number of rotatable bonds is 4. The van der Waals surface area contributed by atoms with E-state index in [0.29, 0.717) is 17.4 Å². The van der Waals surface area contributed by atoms with E-state index in [9.17, 15) is 9.59 Å². The molecular formula is C20H25NO4. The van der Waals surface area contributed by atoms with Crippen molar-refractivity contribution in [1.82, 2.24) is 5.32 Å². The van der Waals surface area contributed by atoms with Gasteiger partial charge >= 0.3 is 5.97 Å². The van der Waals surface area contributed by atoms with Crippen LogP contribution in [-0.2, 0) is 9.53 Å². The zero-order valence-electron chi connectivity index (χ0n) is 15.0. The molecule has 0 spiro atoms. The number of hydrogen-bond donors (Lipinski definition) is 1. The van der Waals surface area contributed by atoms with E-state index < -0.39 is 5.97 Å². The average molecular weight is 343 g/mol. The number of fused-ring (bicyclic) bond motifs is 1. The quantitative estimate of drug-likeness (QED) is 0.857. The number of amides is 1. The predicted octanol–water partition coefficient (Wildman–Crippen LogP) is 3.84. The fourth-order valence-corrected chi connectivity index (χ4v) is 3.60. The molecule has 3 atom stereocenters. The van der Waals surface area contributed by atoms with Gasteiger partial charge < -0.3 is 14.5 Å². The Hall–Kier alpha value is -2.30. The van der Waals surface area contributed by atoms with Gasteiger partial charge in [0.2, 0.25) is 5.76 Å². The van der Waals surface area contributed by atoms with Gasteiger partial charge in [0.05, 0.1) is 0 Å². The minimum atomic E-state index is -0.603. The maximum absolute atomic E-state index is 12.3. The lowest BCUT2D eigenvalue weighted by Gasteiger charge is -2.34. The first-order valence-electron chi connectivity index (χ1n) is 8.92. The molecule has 1 aromatic carbocycles. The van der Waals surface area contributed by atoms with E-state index in [2.05, 4.69) is 19.2 Å². The van der Waals surface area contributed by atoms with E-state index in [1.165, 1.54) is 6.42 Å². The lowest BCUT2D eigenvalue weighted by Crippen LogP contribution is -2.45. The molecule has 0 bridgehead atoms. The highest BCUT2D eigenvalue weighted by Crippen LogP contribution is 2.29. The number of aryl methyl sites for hydroxylation is 1. The number of carbonyl (C=O) groups excluding carboxylic acids is 2. The van der Waals surface area contributed by atoms with Gasteiger partial charge in [-0.1, -0.05) is 44.9 Å². The van der Waals surface area contributed by atoms with Crippen molar-refractivity contribution in [3.63, 3.8) is 0 Å². The summed E-state index contributed by atoms with van der Waals surface area (Å²) in [6.45, 7) is 5.91. The van der Waals surface area contributed by atoms with Crippen molar-refractivity contribution in [3.05, 3.63) is 35.6 Å². The molecule has 0 aliphatic heterocycles. The first-order chi connectivity index (χ1) is 12.0. The summed E-state index contributed by atoms with van der Waals surface area (Å²) in [7, 11) is 0. The summed E-state index contributed by atoms with van der Waals surface area (Å²) < 4.78 is 10.7. The van der Waals surface area contributed by atoms with Gasteiger partial charge in [0.15, 0.2) is 6.61 Å². The zero-order valence-corrected chi connectivity index (χ0v) is 15.0. The largest absolute Gasteiger partial charge is 0.450 e. The van der Waals surface area contributed by atoms with Gasteiger partial charge in [0, 0.05) is 17.0 Å². The van der Waals surface area contributed by atoms with Gasteiger partial charge in [-0.15, -0.1) is 0 Å². The van der Waals surface area contributed by atoms with E-state index in [-0.39, 0.29) is 24.3 Å².